The molecule has 5 heteroatoms. The minimum absolute atomic E-state index is 0.0810. The van der Waals surface area contributed by atoms with Crippen molar-refractivity contribution in [3.05, 3.63) is 37.7 Å². The summed E-state index contributed by atoms with van der Waals surface area (Å²) >= 11 is 5.09. The van der Waals surface area contributed by atoms with Crippen molar-refractivity contribution in [2.45, 2.75) is 39.2 Å². The average Bonchev–Trinajstić information content (AvgIpc) is 3.00. The zero-order valence-electron chi connectivity index (χ0n) is 10.9. The fraction of sp³-hybridized carbons (Fsp3) is 0.429. The molecule has 19 heavy (non-hydrogen) atoms. The van der Waals surface area contributed by atoms with Crippen LogP contribution < -0.4 is 0 Å². The van der Waals surface area contributed by atoms with E-state index in [2.05, 4.69) is 27.1 Å². The third-order valence-corrected chi connectivity index (χ3v) is 5.24. The number of carbonyl (C=O) groups excluding carboxylic acids is 1. The summed E-state index contributed by atoms with van der Waals surface area (Å²) in [7, 11) is 0. The first kappa shape index (κ1) is 13.1. The minimum Gasteiger partial charge on any atom is -0.286 e. The van der Waals surface area contributed by atoms with Crippen molar-refractivity contribution < 1.29 is 4.79 Å². The van der Waals surface area contributed by atoms with Crippen LogP contribution in [0.4, 0.5) is 0 Å². The molecule has 0 saturated heterocycles. The first-order valence-electron chi connectivity index (χ1n) is 6.47. The Labute approximate surface area is 124 Å². The van der Waals surface area contributed by atoms with E-state index in [4.69, 9.17) is 0 Å². The van der Waals surface area contributed by atoms with Crippen LogP contribution in [0, 0.1) is 0 Å². The largest absolute Gasteiger partial charge is 0.286 e. The van der Waals surface area contributed by atoms with E-state index in [1.165, 1.54) is 16.9 Å². The standard InChI is InChI=1S/C14H15BrN2OS/c1-8(2)17-13(10(15)7-16-17)14(18)12-6-9-4-3-5-11(9)19-12/h6-8H,3-5H2,1-2H3. The number of carbonyl (C=O) groups is 1. The highest BCUT2D eigenvalue weighted by atomic mass is 79.9. The molecule has 0 radical (unpaired) electrons. The number of aromatic nitrogens is 2. The maximum Gasteiger partial charge on any atom is 0.222 e. The molecule has 3 nitrogen and oxygen atoms in total. The summed E-state index contributed by atoms with van der Waals surface area (Å²) in [6.45, 7) is 4.06. The number of hydrogen-bond acceptors (Lipinski definition) is 3. The smallest absolute Gasteiger partial charge is 0.222 e. The van der Waals surface area contributed by atoms with Crippen molar-refractivity contribution in [1.82, 2.24) is 9.78 Å². The fourth-order valence-electron chi connectivity index (χ4n) is 2.50. The molecule has 0 bridgehead atoms. The number of ketones is 1. The Morgan fingerprint density at radius 3 is 2.95 bits per heavy atom. The van der Waals surface area contributed by atoms with Gasteiger partial charge in [0.1, 0.15) is 5.69 Å². The van der Waals surface area contributed by atoms with Crippen LogP contribution in [0.3, 0.4) is 0 Å². The molecular formula is C14H15BrN2OS. The number of fused-ring (bicyclic) bond motifs is 1. The average molecular weight is 339 g/mol. The maximum absolute atomic E-state index is 12.7. The molecule has 0 amide bonds. The van der Waals surface area contributed by atoms with Crippen molar-refractivity contribution in [1.29, 1.82) is 0 Å². The third-order valence-electron chi connectivity index (χ3n) is 3.43. The second-order valence-corrected chi connectivity index (χ2v) is 7.11. The van der Waals surface area contributed by atoms with Gasteiger partial charge in [-0.1, -0.05) is 0 Å². The van der Waals surface area contributed by atoms with Gasteiger partial charge < -0.3 is 0 Å². The zero-order valence-corrected chi connectivity index (χ0v) is 13.3. The number of hydrogen-bond donors (Lipinski definition) is 0. The van der Waals surface area contributed by atoms with E-state index < -0.39 is 0 Å². The number of rotatable bonds is 3. The first-order valence-corrected chi connectivity index (χ1v) is 8.08. The Morgan fingerprint density at radius 1 is 1.47 bits per heavy atom. The third kappa shape index (κ3) is 2.19. The first-order chi connectivity index (χ1) is 9.08. The van der Waals surface area contributed by atoms with Gasteiger partial charge in [-0.2, -0.15) is 5.10 Å². The van der Waals surface area contributed by atoms with Crippen molar-refractivity contribution in [2.24, 2.45) is 0 Å². The van der Waals surface area contributed by atoms with Crippen LogP contribution >= 0.6 is 27.3 Å². The van der Waals surface area contributed by atoms with Gasteiger partial charge in [0.25, 0.3) is 0 Å². The Kier molecular flexibility index (Phi) is 3.35. The van der Waals surface area contributed by atoms with Crippen molar-refractivity contribution in [3.8, 4) is 0 Å². The molecule has 3 rings (SSSR count). The van der Waals surface area contributed by atoms with Crippen LogP contribution in [0.15, 0.2) is 16.7 Å². The molecule has 2 aromatic rings. The lowest BCUT2D eigenvalue weighted by molar-refractivity contribution is 0.103. The molecule has 1 aliphatic carbocycles. The van der Waals surface area contributed by atoms with Crippen LogP contribution in [-0.4, -0.2) is 15.6 Å². The Hall–Kier alpha value is -0.940. The predicted molar refractivity (Wildman–Crippen MR) is 80.1 cm³/mol. The summed E-state index contributed by atoms with van der Waals surface area (Å²) in [6, 6.07) is 2.25. The van der Waals surface area contributed by atoms with Crippen molar-refractivity contribution in [2.75, 3.05) is 0 Å². The van der Waals surface area contributed by atoms with E-state index >= 15 is 0 Å². The van der Waals surface area contributed by atoms with Gasteiger partial charge in [-0.05, 0) is 60.7 Å². The molecule has 0 fully saturated rings. The van der Waals surface area contributed by atoms with E-state index in [-0.39, 0.29) is 11.8 Å². The highest BCUT2D eigenvalue weighted by molar-refractivity contribution is 9.10. The lowest BCUT2D eigenvalue weighted by atomic mass is 10.2. The lowest BCUT2D eigenvalue weighted by Gasteiger charge is -2.09. The van der Waals surface area contributed by atoms with Gasteiger partial charge >= 0.3 is 0 Å². The Morgan fingerprint density at radius 2 is 2.26 bits per heavy atom. The van der Waals surface area contributed by atoms with Gasteiger partial charge in [0.05, 0.1) is 15.5 Å². The molecule has 100 valence electrons. The van der Waals surface area contributed by atoms with E-state index in [9.17, 15) is 4.79 Å². The predicted octanol–water partition coefficient (Wildman–Crippen LogP) is 4.01. The SMILES string of the molecule is CC(C)n1ncc(Br)c1C(=O)c1cc2c(s1)CCC2. The van der Waals surface area contributed by atoms with E-state index in [1.54, 1.807) is 22.2 Å². The number of nitrogens with zero attached hydrogens (tertiary/aromatic N) is 2. The molecule has 1 aliphatic rings. The van der Waals surface area contributed by atoms with Crippen molar-refractivity contribution >= 4 is 33.0 Å². The maximum atomic E-state index is 12.7. The van der Waals surface area contributed by atoms with Gasteiger partial charge in [0.2, 0.25) is 5.78 Å². The zero-order chi connectivity index (χ0) is 13.6. The highest BCUT2D eigenvalue weighted by Crippen LogP contribution is 2.33. The van der Waals surface area contributed by atoms with E-state index in [0.717, 1.165) is 22.2 Å². The van der Waals surface area contributed by atoms with Gasteiger partial charge in [0, 0.05) is 10.9 Å². The molecule has 0 aromatic carbocycles. The van der Waals surface area contributed by atoms with Gasteiger partial charge in [-0.15, -0.1) is 11.3 Å². The van der Waals surface area contributed by atoms with Crippen LogP contribution in [0.2, 0.25) is 0 Å². The fourth-order valence-corrected chi connectivity index (χ4v) is 4.15. The quantitative estimate of drug-likeness (QED) is 0.792. The van der Waals surface area contributed by atoms with Crippen LogP contribution in [0.5, 0.6) is 0 Å². The van der Waals surface area contributed by atoms with Gasteiger partial charge in [0.15, 0.2) is 0 Å². The summed E-state index contributed by atoms with van der Waals surface area (Å²) < 4.78 is 2.57. The molecule has 0 aliphatic heterocycles. The van der Waals surface area contributed by atoms with Crippen LogP contribution in [0.1, 0.15) is 52.1 Å². The summed E-state index contributed by atoms with van der Waals surface area (Å²) in [5.74, 6) is 0.0810. The monoisotopic (exact) mass is 338 g/mol. The molecule has 2 heterocycles. The normalized spacial score (nSPS) is 14.1. The molecule has 0 unspecified atom stereocenters. The lowest BCUT2D eigenvalue weighted by Crippen LogP contribution is -2.13. The van der Waals surface area contributed by atoms with Crippen LogP contribution in [-0.2, 0) is 12.8 Å². The molecule has 2 aromatic heterocycles. The summed E-state index contributed by atoms with van der Waals surface area (Å²) in [5, 5.41) is 4.28. The molecule has 0 saturated carbocycles. The van der Waals surface area contributed by atoms with E-state index in [0.29, 0.717) is 5.69 Å². The topological polar surface area (TPSA) is 34.9 Å². The molecular weight excluding hydrogens is 324 g/mol. The Bertz CT molecular complexity index is 620. The summed E-state index contributed by atoms with van der Waals surface area (Å²) in [4.78, 5) is 14.9. The molecule has 0 N–H and O–H groups in total. The number of aryl methyl sites for hydroxylation is 2. The highest BCUT2D eigenvalue weighted by Gasteiger charge is 2.24. The van der Waals surface area contributed by atoms with Crippen LogP contribution in [0.25, 0.3) is 0 Å². The minimum atomic E-state index is 0.0810. The second kappa shape index (κ2) is 4.87. The van der Waals surface area contributed by atoms with Crippen molar-refractivity contribution in [3.63, 3.8) is 0 Å². The molecule has 0 atom stereocenters. The van der Waals surface area contributed by atoms with E-state index in [1.807, 2.05) is 13.8 Å². The summed E-state index contributed by atoms with van der Waals surface area (Å²) in [6.07, 6.45) is 5.17. The Balaban J connectivity index is 2.01. The number of thiophene rings is 1. The van der Waals surface area contributed by atoms with Gasteiger partial charge in [-0.3, -0.25) is 9.48 Å². The number of halogens is 1. The van der Waals surface area contributed by atoms with Gasteiger partial charge in [-0.25, -0.2) is 0 Å². The molecule has 0 spiro atoms. The summed E-state index contributed by atoms with van der Waals surface area (Å²) in [5.41, 5.74) is 2.02. The second-order valence-electron chi connectivity index (χ2n) is 5.12.